The van der Waals surface area contributed by atoms with E-state index in [2.05, 4.69) is 138 Å². The fourth-order valence-electron chi connectivity index (χ4n) is 5.86. The lowest BCUT2D eigenvalue weighted by Gasteiger charge is -2.12. The number of rotatable bonds is 4. The Hall–Kier alpha value is -5.34. The van der Waals surface area contributed by atoms with Crippen molar-refractivity contribution in [3.05, 3.63) is 152 Å². The van der Waals surface area contributed by atoms with Crippen LogP contribution < -0.4 is 0 Å². The van der Waals surface area contributed by atoms with Crippen LogP contribution in [0, 0.1) is 0 Å². The van der Waals surface area contributed by atoms with E-state index in [0.717, 1.165) is 33.5 Å². The van der Waals surface area contributed by atoms with Crippen molar-refractivity contribution < 1.29 is 4.42 Å². The van der Waals surface area contributed by atoms with Crippen LogP contribution in [-0.2, 0) is 0 Å². The topological polar surface area (TPSA) is 18.1 Å². The maximum Gasteiger partial charge on any atom is 0.135 e. The molecule has 0 saturated carbocycles. The lowest BCUT2D eigenvalue weighted by atomic mass is 9.95. The highest BCUT2D eigenvalue weighted by Crippen LogP contribution is 2.36. The standard InChI is InChI=1S/C38H25NO/c1-2-10-26(11-3-1)29-22-30(24-31(23-29)38-25-28-12-4-9-17-37(28)40-38)27-18-20-32(21-19-27)39-35-15-7-5-13-33(35)34-14-6-8-16-36(34)39/h1-25H. The monoisotopic (exact) mass is 511 g/mol. The van der Waals surface area contributed by atoms with Gasteiger partial charge in [-0.1, -0.05) is 97.1 Å². The first-order valence-electron chi connectivity index (χ1n) is 13.6. The molecule has 40 heavy (non-hydrogen) atoms. The first-order chi connectivity index (χ1) is 19.8. The molecule has 0 aliphatic rings. The molecule has 0 fully saturated rings. The Labute approximate surface area is 232 Å². The maximum absolute atomic E-state index is 6.28. The van der Waals surface area contributed by atoms with E-state index in [9.17, 15) is 0 Å². The van der Waals surface area contributed by atoms with Crippen molar-refractivity contribution in [3.8, 4) is 39.3 Å². The van der Waals surface area contributed by atoms with Crippen molar-refractivity contribution in [1.29, 1.82) is 0 Å². The van der Waals surface area contributed by atoms with Gasteiger partial charge in [-0.05, 0) is 76.9 Å². The summed E-state index contributed by atoms with van der Waals surface area (Å²) in [5, 5.41) is 3.65. The lowest BCUT2D eigenvalue weighted by molar-refractivity contribution is 0.631. The van der Waals surface area contributed by atoms with E-state index in [1.165, 1.54) is 38.5 Å². The van der Waals surface area contributed by atoms with Crippen LogP contribution in [0.4, 0.5) is 0 Å². The van der Waals surface area contributed by atoms with Crippen LogP contribution >= 0.6 is 0 Å². The molecule has 2 heteroatoms. The molecule has 8 aromatic rings. The highest BCUT2D eigenvalue weighted by atomic mass is 16.3. The van der Waals surface area contributed by atoms with Crippen LogP contribution in [0.25, 0.3) is 72.0 Å². The molecule has 2 aromatic heterocycles. The van der Waals surface area contributed by atoms with Crippen molar-refractivity contribution in [3.63, 3.8) is 0 Å². The minimum atomic E-state index is 0.877. The summed E-state index contributed by atoms with van der Waals surface area (Å²) >= 11 is 0. The molecule has 0 amide bonds. The van der Waals surface area contributed by atoms with Gasteiger partial charge in [0.05, 0.1) is 11.0 Å². The Morgan fingerprint density at radius 3 is 1.62 bits per heavy atom. The highest BCUT2D eigenvalue weighted by molar-refractivity contribution is 6.09. The van der Waals surface area contributed by atoms with Crippen molar-refractivity contribution in [2.45, 2.75) is 0 Å². The maximum atomic E-state index is 6.28. The largest absolute Gasteiger partial charge is 0.456 e. The van der Waals surface area contributed by atoms with Gasteiger partial charge in [0.2, 0.25) is 0 Å². The second-order valence-corrected chi connectivity index (χ2v) is 10.2. The molecule has 0 bridgehead atoms. The van der Waals surface area contributed by atoms with E-state index in [4.69, 9.17) is 4.42 Å². The minimum absolute atomic E-state index is 0.877. The Bertz CT molecular complexity index is 2060. The molecule has 6 aromatic carbocycles. The molecule has 0 atom stereocenters. The summed E-state index contributed by atoms with van der Waals surface area (Å²) in [5.74, 6) is 0.877. The molecule has 0 radical (unpaired) electrons. The van der Waals surface area contributed by atoms with E-state index in [1.54, 1.807) is 0 Å². The minimum Gasteiger partial charge on any atom is -0.456 e. The molecule has 188 valence electrons. The number of nitrogens with zero attached hydrogens (tertiary/aromatic N) is 1. The van der Waals surface area contributed by atoms with Gasteiger partial charge < -0.3 is 8.98 Å². The van der Waals surface area contributed by atoms with Gasteiger partial charge in [-0.25, -0.2) is 0 Å². The van der Waals surface area contributed by atoms with Gasteiger partial charge in [-0.3, -0.25) is 0 Å². The fourth-order valence-corrected chi connectivity index (χ4v) is 5.86. The summed E-state index contributed by atoms with van der Waals surface area (Å²) in [6.07, 6.45) is 0. The molecule has 0 saturated heterocycles. The fraction of sp³-hybridized carbons (Fsp3) is 0. The van der Waals surface area contributed by atoms with Crippen LogP contribution in [-0.4, -0.2) is 4.57 Å². The summed E-state index contributed by atoms with van der Waals surface area (Å²) in [6, 6.07) is 53.8. The molecule has 0 spiro atoms. The zero-order valence-electron chi connectivity index (χ0n) is 21.8. The summed E-state index contributed by atoms with van der Waals surface area (Å²) in [5.41, 5.74) is 10.2. The van der Waals surface area contributed by atoms with Gasteiger partial charge in [-0.15, -0.1) is 0 Å². The predicted octanol–water partition coefficient (Wildman–Crippen LogP) is 10.5. The van der Waals surface area contributed by atoms with Crippen LogP contribution in [0.15, 0.2) is 156 Å². The van der Waals surface area contributed by atoms with Crippen LogP contribution in [0.1, 0.15) is 0 Å². The molecule has 0 unspecified atom stereocenters. The van der Waals surface area contributed by atoms with E-state index in [-0.39, 0.29) is 0 Å². The third-order valence-corrected chi connectivity index (χ3v) is 7.79. The number of fused-ring (bicyclic) bond motifs is 4. The normalized spacial score (nSPS) is 11.5. The average molecular weight is 512 g/mol. The molecular weight excluding hydrogens is 486 g/mol. The second-order valence-electron chi connectivity index (χ2n) is 10.2. The van der Waals surface area contributed by atoms with Crippen LogP contribution in [0.3, 0.4) is 0 Å². The van der Waals surface area contributed by atoms with Crippen molar-refractivity contribution in [1.82, 2.24) is 4.57 Å². The first kappa shape index (κ1) is 22.6. The Kier molecular flexibility index (Phi) is 5.17. The van der Waals surface area contributed by atoms with E-state index in [1.807, 2.05) is 18.2 Å². The summed E-state index contributed by atoms with van der Waals surface area (Å²) in [6.45, 7) is 0. The van der Waals surface area contributed by atoms with E-state index >= 15 is 0 Å². The second kappa shape index (κ2) is 9.14. The highest BCUT2D eigenvalue weighted by Gasteiger charge is 2.13. The third-order valence-electron chi connectivity index (χ3n) is 7.79. The zero-order valence-corrected chi connectivity index (χ0v) is 21.8. The molecule has 8 rings (SSSR count). The van der Waals surface area contributed by atoms with Crippen molar-refractivity contribution in [2.75, 3.05) is 0 Å². The van der Waals surface area contributed by atoms with Gasteiger partial charge in [0.15, 0.2) is 0 Å². The third kappa shape index (κ3) is 3.73. The smallest absolute Gasteiger partial charge is 0.135 e. The Morgan fingerprint density at radius 2 is 0.950 bits per heavy atom. The average Bonchev–Trinajstić information content (AvgIpc) is 3.61. The number of furan rings is 1. The summed E-state index contributed by atoms with van der Waals surface area (Å²) < 4.78 is 8.64. The number of hydrogen-bond acceptors (Lipinski definition) is 1. The first-order valence-corrected chi connectivity index (χ1v) is 13.6. The predicted molar refractivity (Wildman–Crippen MR) is 167 cm³/mol. The van der Waals surface area contributed by atoms with Crippen LogP contribution in [0.5, 0.6) is 0 Å². The molecule has 0 aliphatic carbocycles. The number of benzene rings is 6. The summed E-state index contributed by atoms with van der Waals surface area (Å²) in [7, 11) is 0. The van der Waals surface area contributed by atoms with Crippen LogP contribution in [0.2, 0.25) is 0 Å². The van der Waals surface area contributed by atoms with Crippen molar-refractivity contribution >= 4 is 32.8 Å². The number of aromatic nitrogens is 1. The Balaban J connectivity index is 1.27. The van der Waals surface area contributed by atoms with E-state index in [0.29, 0.717) is 0 Å². The summed E-state index contributed by atoms with van der Waals surface area (Å²) in [4.78, 5) is 0. The molecule has 0 N–H and O–H groups in total. The molecule has 0 aliphatic heterocycles. The van der Waals surface area contributed by atoms with E-state index < -0.39 is 0 Å². The number of para-hydroxylation sites is 3. The SMILES string of the molecule is c1ccc(-c2cc(-c3ccc(-n4c5ccccc5c5ccccc54)cc3)cc(-c3cc4ccccc4o3)c2)cc1. The quantitative estimate of drug-likeness (QED) is 0.230. The zero-order chi connectivity index (χ0) is 26.5. The van der Waals surface area contributed by atoms with Gasteiger partial charge in [0, 0.05) is 27.4 Å². The molecular formula is C38H25NO. The van der Waals surface area contributed by atoms with Gasteiger partial charge >= 0.3 is 0 Å². The Morgan fingerprint density at radius 1 is 0.400 bits per heavy atom. The van der Waals surface area contributed by atoms with Gasteiger partial charge in [-0.2, -0.15) is 0 Å². The number of hydrogen-bond donors (Lipinski definition) is 0. The van der Waals surface area contributed by atoms with Crippen molar-refractivity contribution in [2.24, 2.45) is 0 Å². The molecule has 2 heterocycles. The van der Waals surface area contributed by atoms with Gasteiger partial charge in [0.25, 0.3) is 0 Å². The van der Waals surface area contributed by atoms with Gasteiger partial charge in [0.1, 0.15) is 11.3 Å². The lowest BCUT2D eigenvalue weighted by Crippen LogP contribution is -1.93. The molecule has 2 nitrogen and oxygen atoms in total.